The number of carbonyl (C=O) groups is 1. The lowest BCUT2D eigenvalue weighted by atomic mass is 10.1. The van der Waals surface area contributed by atoms with Gasteiger partial charge in [0, 0.05) is 11.4 Å². The molecule has 0 aliphatic rings. The number of aromatic nitrogens is 2. The number of anilines is 3. The molecule has 2 N–H and O–H groups in total. The summed E-state index contributed by atoms with van der Waals surface area (Å²) in [5, 5.41) is 15.4. The zero-order valence-corrected chi connectivity index (χ0v) is 20.7. The predicted molar refractivity (Wildman–Crippen MR) is 139 cm³/mol. The average molecular weight is 475 g/mol. The Kier molecular flexibility index (Phi) is 7.11. The van der Waals surface area contributed by atoms with E-state index in [1.807, 2.05) is 62.4 Å². The van der Waals surface area contributed by atoms with Crippen LogP contribution in [0.5, 0.6) is 0 Å². The Morgan fingerprint density at radius 2 is 1.55 bits per heavy atom. The minimum Gasteiger partial charge on any atom is -0.330 e. The smallest absolute Gasteiger partial charge is 0.242 e. The molecular formula is C26H26N4OS2. The lowest BCUT2D eigenvalue weighted by molar-refractivity contribution is -0.115. The number of amides is 1. The Morgan fingerprint density at radius 1 is 0.879 bits per heavy atom. The van der Waals surface area contributed by atoms with Crippen LogP contribution in [-0.4, -0.2) is 16.1 Å². The van der Waals surface area contributed by atoms with E-state index in [2.05, 4.69) is 52.9 Å². The van der Waals surface area contributed by atoms with Crippen molar-refractivity contribution < 1.29 is 4.79 Å². The van der Waals surface area contributed by atoms with E-state index in [0.717, 1.165) is 43.5 Å². The molecule has 1 atom stereocenters. The molecule has 7 heteroatoms. The van der Waals surface area contributed by atoms with Gasteiger partial charge in [0.15, 0.2) is 4.34 Å². The van der Waals surface area contributed by atoms with Crippen LogP contribution in [0.3, 0.4) is 0 Å². The molecule has 168 valence electrons. The summed E-state index contributed by atoms with van der Waals surface area (Å²) in [6, 6.07) is 22.0. The van der Waals surface area contributed by atoms with Gasteiger partial charge < -0.3 is 10.6 Å². The van der Waals surface area contributed by atoms with Gasteiger partial charge in [0.1, 0.15) is 5.25 Å². The molecule has 33 heavy (non-hydrogen) atoms. The summed E-state index contributed by atoms with van der Waals surface area (Å²) < 4.78 is 0.730. The maximum atomic E-state index is 13.3. The highest BCUT2D eigenvalue weighted by molar-refractivity contribution is 8.02. The summed E-state index contributed by atoms with van der Waals surface area (Å²) >= 11 is 2.86. The molecule has 4 rings (SSSR count). The topological polar surface area (TPSA) is 66.9 Å². The summed E-state index contributed by atoms with van der Waals surface area (Å²) in [5.41, 5.74) is 7.28. The maximum Gasteiger partial charge on any atom is 0.242 e. The number of benzene rings is 3. The summed E-state index contributed by atoms with van der Waals surface area (Å²) in [4.78, 5) is 13.3. The number of thioether (sulfide) groups is 1. The molecular weight excluding hydrogens is 448 g/mol. The highest BCUT2D eigenvalue weighted by Gasteiger charge is 2.24. The maximum absolute atomic E-state index is 13.3. The van der Waals surface area contributed by atoms with E-state index in [1.54, 1.807) is 0 Å². The van der Waals surface area contributed by atoms with E-state index in [4.69, 9.17) is 0 Å². The first kappa shape index (κ1) is 23.0. The Morgan fingerprint density at radius 3 is 2.21 bits per heavy atom. The summed E-state index contributed by atoms with van der Waals surface area (Å²) in [7, 11) is 0. The molecule has 0 aliphatic carbocycles. The number of nitrogens with zero attached hydrogens (tertiary/aromatic N) is 2. The third kappa shape index (κ3) is 5.80. The number of carbonyl (C=O) groups excluding carboxylic acids is 1. The van der Waals surface area contributed by atoms with E-state index in [0.29, 0.717) is 5.13 Å². The summed E-state index contributed by atoms with van der Waals surface area (Å²) in [6.07, 6.45) is 0. The fourth-order valence-corrected chi connectivity index (χ4v) is 5.63. The molecule has 5 nitrogen and oxygen atoms in total. The van der Waals surface area contributed by atoms with Crippen molar-refractivity contribution in [2.45, 2.75) is 37.3 Å². The van der Waals surface area contributed by atoms with Gasteiger partial charge in [0.25, 0.3) is 0 Å². The van der Waals surface area contributed by atoms with Gasteiger partial charge in [-0.2, -0.15) is 0 Å². The summed E-state index contributed by atoms with van der Waals surface area (Å²) in [5.74, 6) is -0.0874. The van der Waals surface area contributed by atoms with Gasteiger partial charge in [-0.25, -0.2) is 0 Å². The second kappa shape index (κ2) is 10.2. The first-order valence-electron chi connectivity index (χ1n) is 10.7. The van der Waals surface area contributed by atoms with E-state index in [9.17, 15) is 4.79 Å². The van der Waals surface area contributed by atoms with Gasteiger partial charge in [-0.1, -0.05) is 77.7 Å². The van der Waals surface area contributed by atoms with Crippen LogP contribution in [0.15, 0.2) is 71.1 Å². The van der Waals surface area contributed by atoms with Crippen molar-refractivity contribution in [2.24, 2.45) is 0 Å². The zero-order valence-electron chi connectivity index (χ0n) is 19.0. The minimum atomic E-state index is -0.451. The molecule has 0 saturated carbocycles. The van der Waals surface area contributed by atoms with Crippen LogP contribution in [0.25, 0.3) is 0 Å². The van der Waals surface area contributed by atoms with Crippen LogP contribution in [0, 0.1) is 27.7 Å². The van der Waals surface area contributed by atoms with Gasteiger partial charge in [0.2, 0.25) is 11.0 Å². The first-order valence-corrected chi connectivity index (χ1v) is 12.4. The highest BCUT2D eigenvalue weighted by atomic mass is 32.2. The number of hydrogen-bond donors (Lipinski definition) is 2. The largest absolute Gasteiger partial charge is 0.330 e. The molecule has 1 heterocycles. The van der Waals surface area contributed by atoms with Gasteiger partial charge >= 0.3 is 0 Å². The quantitative estimate of drug-likeness (QED) is 0.283. The second-order valence-electron chi connectivity index (χ2n) is 8.04. The second-order valence-corrected chi connectivity index (χ2v) is 10.4. The van der Waals surface area contributed by atoms with Crippen molar-refractivity contribution in [1.82, 2.24) is 10.2 Å². The fourth-order valence-electron chi connectivity index (χ4n) is 3.68. The SMILES string of the molecule is Cc1cc(C)cc(NC(=O)C(Sc2nnc(Nc3c(C)cccc3C)s2)c2ccccc2)c1. The van der Waals surface area contributed by atoms with Crippen molar-refractivity contribution in [3.8, 4) is 0 Å². The van der Waals surface area contributed by atoms with E-state index < -0.39 is 5.25 Å². The normalized spacial score (nSPS) is 11.8. The third-order valence-electron chi connectivity index (χ3n) is 5.17. The van der Waals surface area contributed by atoms with Crippen molar-refractivity contribution >= 4 is 45.5 Å². The molecule has 1 unspecified atom stereocenters. The minimum absolute atomic E-state index is 0.0874. The molecule has 0 spiro atoms. The summed E-state index contributed by atoms with van der Waals surface area (Å²) in [6.45, 7) is 8.18. The first-order chi connectivity index (χ1) is 15.9. The number of para-hydroxylation sites is 1. The van der Waals surface area contributed by atoms with Crippen LogP contribution in [0.1, 0.15) is 33.1 Å². The molecule has 4 aromatic rings. The molecule has 0 aliphatic heterocycles. The Hall–Kier alpha value is -3.16. The van der Waals surface area contributed by atoms with Crippen LogP contribution >= 0.6 is 23.1 Å². The Balaban J connectivity index is 1.56. The van der Waals surface area contributed by atoms with Gasteiger partial charge in [-0.05, 0) is 67.6 Å². The Labute approximate surface area is 202 Å². The van der Waals surface area contributed by atoms with Gasteiger partial charge in [-0.3, -0.25) is 4.79 Å². The van der Waals surface area contributed by atoms with E-state index in [1.165, 1.54) is 23.1 Å². The van der Waals surface area contributed by atoms with E-state index >= 15 is 0 Å². The van der Waals surface area contributed by atoms with Crippen molar-refractivity contribution in [3.63, 3.8) is 0 Å². The average Bonchev–Trinajstić information content (AvgIpc) is 3.22. The number of hydrogen-bond acceptors (Lipinski definition) is 6. The number of aryl methyl sites for hydroxylation is 4. The standard InChI is InChI=1S/C26H26N4OS2/c1-16-13-17(2)15-21(14-16)27-24(31)23(20-11-6-5-7-12-20)32-26-30-29-25(33-26)28-22-18(3)9-8-10-19(22)4/h5-15,23H,1-4H3,(H,27,31)(H,28,29). The molecule has 3 aromatic carbocycles. The Bertz CT molecular complexity index is 1230. The molecule has 0 saturated heterocycles. The predicted octanol–water partition coefficient (Wildman–Crippen LogP) is 6.99. The van der Waals surface area contributed by atoms with Crippen LogP contribution in [0.2, 0.25) is 0 Å². The van der Waals surface area contributed by atoms with E-state index in [-0.39, 0.29) is 5.91 Å². The van der Waals surface area contributed by atoms with Crippen LogP contribution < -0.4 is 10.6 Å². The molecule has 1 amide bonds. The van der Waals surface area contributed by atoms with Crippen molar-refractivity contribution in [3.05, 3.63) is 94.5 Å². The molecule has 0 radical (unpaired) electrons. The van der Waals surface area contributed by atoms with Crippen LogP contribution in [-0.2, 0) is 4.79 Å². The lowest BCUT2D eigenvalue weighted by Gasteiger charge is -2.16. The third-order valence-corrected chi connectivity index (χ3v) is 7.35. The zero-order chi connectivity index (χ0) is 23.4. The molecule has 1 aromatic heterocycles. The van der Waals surface area contributed by atoms with Crippen molar-refractivity contribution in [1.29, 1.82) is 0 Å². The highest BCUT2D eigenvalue weighted by Crippen LogP contribution is 2.39. The lowest BCUT2D eigenvalue weighted by Crippen LogP contribution is -2.19. The number of nitrogens with one attached hydrogen (secondary N) is 2. The molecule has 0 bridgehead atoms. The monoisotopic (exact) mass is 474 g/mol. The number of rotatable bonds is 7. The van der Waals surface area contributed by atoms with Crippen molar-refractivity contribution in [2.75, 3.05) is 10.6 Å². The van der Waals surface area contributed by atoms with Gasteiger partial charge in [0.05, 0.1) is 0 Å². The fraction of sp³-hybridized carbons (Fsp3) is 0.192. The molecule has 0 fully saturated rings. The van der Waals surface area contributed by atoms with Crippen LogP contribution in [0.4, 0.5) is 16.5 Å². The van der Waals surface area contributed by atoms with Gasteiger partial charge in [-0.15, -0.1) is 10.2 Å².